The second kappa shape index (κ2) is 6.03. The Balaban J connectivity index is 1.73. The Morgan fingerprint density at radius 1 is 1.14 bits per heavy atom. The molecule has 0 spiro atoms. The van der Waals surface area contributed by atoms with E-state index in [1.165, 1.54) is 25.7 Å². The SMILES string of the molecule is Cc1cc(N2CCN(C3CCCC3)CC2)c(C#N)c(C)n1. The molecule has 4 heteroatoms. The molecule has 1 aromatic heterocycles. The van der Waals surface area contributed by atoms with E-state index in [4.69, 9.17) is 0 Å². The van der Waals surface area contributed by atoms with Crippen LogP contribution >= 0.6 is 0 Å². The summed E-state index contributed by atoms with van der Waals surface area (Å²) in [6, 6.07) is 5.21. The van der Waals surface area contributed by atoms with Crippen molar-refractivity contribution < 1.29 is 0 Å². The third kappa shape index (κ3) is 2.89. The summed E-state index contributed by atoms with van der Waals surface area (Å²) >= 11 is 0. The van der Waals surface area contributed by atoms with Crippen molar-refractivity contribution in [3.8, 4) is 6.07 Å². The van der Waals surface area contributed by atoms with Crippen LogP contribution in [0.3, 0.4) is 0 Å². The van der Waals surface area contributed by atoms with Crippen LogP contribution in [-0.2, 0) is 0 Å². The quantitative estimate of drug-likeness (QED) is 0.837. The minimum atomic E-state index is 0.745. The Morgan fingerprint density at radius 2 is 1.81 bits per heavy atom. The van der Waals surface area contributed by atoms with E-state index in [0.29, 0.717) is 0 Å². The summed E-state index contributed by atoms with van der Waals surface area (Å²) in [6.07, 6.45) is 5.53. The van der Waals surface area contributed by atoms with Crippen LogP contribution in [0, 0.1) is 25.2 Å². The van der Waals surface area contributed by atoms with E-state index >= 15 is 0 Å². The number of anilines is 1. The van der Waals surface area contributed by atoms with Gasteiger partial charge >= 0.3 is 0 Å². The van der Waals surface area contributed by atoms with Crippen molar-refractivity contribution in [1.29, 1.82) is 5.26 Å². The van der Waals surface area contributed by atoms with Crippen molar-refractivity contribution in [2.75, 3.05) is 31.1 Å². The van der Waals surface area contributed by atoms with Gasteiger partial charge in [-0.1, -0.05) is 12.8 Å². The van der Waals surface area contributed by atoms with Crippen molar-refractivity contribution in [2.45, 2.75) is 45.6 Å². The zero-order valence-corrected chi connectivity index (χ0v) is 13.1. The summed E-state index contributed by atoms with van der Waals surface area (Å²) in [6.45, 7) is 8.23. The summed E-state index contributed by atoms with van der Waals surface area (Å²) < 4.78 is 0. The zero-order chi connectivity index (χ0) is 14.8. The second-order valence-corrected chi connectivity index (χ2v) is 6.32. The average molecular weight is 284 g/mol. The predicted molar refractivity (Wildman–Crippen MR) is 84.5 cm³/mol. The smallest absolute Gasteiger partial charge is 0.103 e. The summed E-state index contributed by atoms with van der Waals surface area (Å²) in [5.74, 6) is 0. The number of piperazine rings is 1. The molecule has 1 aromatic rings. The molecular weight excluding hydrogens is 260 g/mol. The number of aryl methyl sites for hydroxylation is 2. The second-order valence-electron chi connectivity index (χ2n) is 6.32. The summed E-state index contributed by atoms with van der Waals surface area (Å²) in [4.78, 5) is 9.43. The standard InChI is InChI=1S/C17H24N4/c1-13-11-17(16(12-18)14(2)19-13)21-9-7-20(8-10-21)15-5-3-4-6-15/h11,15H,3-10H2,1-2H3. The van der Waals surface area contributed by atoms with Gasteiger partial charge in [0.15, 0.2) is 0 Å². The minimum Gasteiger partial charge on any atom is -0.368 e. The first-order valence-corrected chi connectivity index (χ1v) is 8.06. The third-order valence-electron chi connectivity index (χ3n) is 4.92. The van der Waals surface area contributed by atoms with Gasteiger partial charge in [0.1, 0.15) is 6.07 Å². The number of nitrogens with zero attached hydrogens (tertiary/aromatic N) is 4. The average Bonchev–Trinajstić information content (AvgIpc) is 3.01. The highest BCUT2D eigenvalue weighted by atomic mass is 15.3. The first kappa shape index (κ1) is 14.3. The molecule has 2 fully saturated rings. The van der Waals surface area contributed by atoms with Crippen LogP contribution in [0.5, 0.6) is 0 Å². The van der Waals surface area contributed by atoms with E-state index < -0.39 is 0 Å². The first-order chi connectivity index (χ1) is 10.2. The molecule has 1 aliphatic carbocycles. The highest BCUT2D eigenvalue weighted by Gasteiger charge is 2.27. The minimum absolute atomic E-state index is 0.745. The maximum absolute atomic E-state index is 9.42. The molecular formula is C17H24N4. The van der Waals surface area contributed by atoms with Gasteiger partial charge in [0.05, 0.1) is 16.9 Å². The molecule has 2 heterocycles. The largest absolute Gasteiger partial charge is 0.368 e. The number of hydrogen-bond acceptors (Lipinski definition) is 4. The topological polar surface area (TPSA) is 43.2 Å². The van der Waals surface area contributed by atoms with Crippen molar-refractivity contribution in [3.63, 3.8) is 0 Å². The Kier molecular flexibility index (Phi) is 4.12. The molecule has 4 nitrogen and oxygen atoms in total. The summed E-state index contributed by atoms with van der Waals surface area (Å²) in [5, 5.41) is 9.42. The molecule has 2 aliphatic rings. The van der Waals surface area contributed by atoms with Crippen LogP contribution in [0.4, 0.5) is 5.69 Å². The first-order valence-electron chi connectivity index (χ1n) is 8.06. The van der Waals surface area contributed by atoms with Crippen LogP contribution in [-0.4, -0.2) is 42.1 Å². The van der Waals surface area contributed by atoms with Crippen molar-refractivity contribution >= 4 is 5.69 Å². The molecule has 1 aliphatic heterocycles. The number of rotatable bonds is 2. The molecule has 0 radical (unpaired) electrons. The fourth-order valence-corrected chi connectivity index (χ4v) is 3.79. The zero-order valence-electron chi connectivity index (χ0n) is 13.1. The van der Waals surface area contributed by atoms with E-state index in [1.54, 1.807) is 0 Å². The van der Waals surface area contributed by atoms with Crippen molar-refractivity contribution in [2.24, 2.45) is 0 Å². The molecule has 112 valence electrons. The lowest BCUT2D eigenvalue weighted by Crippen LogP contribution is -2.50. The third-order valence-corrected chi connectivity index (χ3v) is 4.92. The molecule has 3 rings (SSSR count). The molecule has 21 heavy (non-hydrogen) atoms. The van der Waals surface area contributed by atoms with E-state index in [9.17, 15) is 5.26 Å². The number of pyridine rings is 1. The molecule has 0 amide bonds. The fraction of sp³-hybridized carbons (Fsp3) is 0.647. The lowest BCUT2D eigenvalue weighted by atomic mass is 10.1. The molecule has 0 N–H and O–H groups in total. The monoisotopic (exact) mass is 284 g/mol. The molecule has 0 bridgehead atoms. The molecule has 1 saturated carbocycles. The molecule has 0 aromatic carbocycles. The number of nitriles is 1. The Morgan fingerprint density at radius 3 is 2.43 bits per heavy atom. The molecule has 0 atom stereocenters. The maximum Gasteiger partial charge on any atom is 0.103 e. The van der Waals surface area contributed by atoms with Crippen LogP contribution in [0.1, 0.15) is 42.6 Å². The lowest BCUT2D eigenvalue weighted by molar-refractivity contribution is 0.187. The predicted octanol–water partition coefficient (Wildman–Crippen LogP) is 2.63. The maximum atomic E-state index is 9.42. The number of aromatic nitrogens is 1. The summed E-state index contributed by atoms with van der Waals surface area (Å²) in [5.41, 5.74) is 3.67. The van der Waals surface area contributed by atoms with Gasteiger partial charge in [0.25, 0.3) is 0 Å². The summed E-state index contributed by atoms with van der Waals surface area (Å²) in [7, 11) is 0. The van der Waals surface area contributed by atoms with Gasteiger partial charge in [-0.3, -0.25) is 9.88 Å². The molecule has 0 unspecified atom stereocenters. The fourth-order valence-electron chi connectivity index (χ4n) is 3.79. The van der Waals surface area contributed by atoms with Gasteiger partial charge in [-0.15, -0.1) is 0 Å². The van der Waals surface area contributed by atoms with Crippen LogP contribution in [0.25, 0.3) is 0 Å². The highest BCUT2D eigenvalue weighted by molar-refractivity contribution is 5.61. The molecule has 1 saturated heterocycles. The van der Waals surface area contributed by atoms with Gasteiger partial charge in [0, 0.05) is 37.9 Å². The lowest BCUT2D eigenvalue weighted by Gasteiger charge is -2.39. The van der Waals surface area contributed by atoms with Crippen molar-refractivity contribution in [1.82, 2.24) is 9.88 Å². The normalized spacial score (nSPS) is 20.7. The van der Waals surface area contributed by atoms with Gasteiger partial charge in [-0.25, -0.2) is 0 Å². The van der Waals surface area contributed by atoms with Gasteiger partial charge in [-0.2, -0.15) is 5.26 Å². The van der Waals surface area contributed by atoms with E-state index in [-0.39, 0.29) is 0 Å². The number of hydrogen-bond donors (Lipinski definition) is 0. The van der Waals surface area contributed by atoms with Crippen LogP contribution < -0.4 is 4.90 Å². The Labute approximate surface area is 127 Å². The van der Waals surface area contributed by atoms with Gasteiger partial charge in [-0.05, 0) is 32.8 Å². The van der Waals surface area contributed by atoms with E-state index in [0.717, 1.165) is 54.9 Å². The highest BCUT2D eigenvalue weighted by Crippen LogP contribution is 2.28. The van der Waals surface area contributed by atoms with E-state index in [1.807, 2.05) is 13.8 Å². The Bertz CT molecular complexity index is 547. The van der Waals surface area contributed by atoms with E-state index in [2.05, 4.69) is 26.9 Å². The van der Waals surface area contributed by atoms with Gasteiger partial charge < -0.3 is 4.90 Å². The van der Waals surface area contributed by atoms with Crippen LogP contribution in [0.15, 0.2) is 6.07 Å². The van der Waals surface area contributed by atoms with Crippen LogP contribution in [0.2, 0.25) is 0 Å². The van der Waals surface area contributed by atoms with Gasteiger partial charge in [0.2, 0.25) is 0 Å². The Hall–Kier alpha value is -1.60. The van der Waals surface area contributed by atoms with Crippen molar-refractivity contribution in [3.05, 3.63) is 23.0 Å².